The predicted octanol–water partition coefficient (Wildman–Crippen LogP) is 3.12. The summed E-state index contributed by atoms with van der Waals surface area (Å²) in [6.07, 6.45) is 2.57. The Morgan fingerprint density at radius 1 is 1.07 bits per heavy atom. The van der Waals surface area contributed by atoms with Crippen molar-refractivity contribution in [1.82, 2.24) is 25.5 Å². The summed E-state index contributed by atoms with van der Waals surface area (Å²) in [7, 11) is 0. The van der Waals surface area contributed by atoms with Crippen LogP contribution in [0.3, 0.4) is 0 Å². The summed E-state index contributed by atoms with van der Waals surface area (Å²) in [5.74, 6) is 1.07. The van der Waals surface area contributed by atoms with Crippen molar-refractivity contribution in [3.05, 3.63) is 66.0 Å². The Bertz CT molecular complexity index is 874. The first kappa shape index (κ1) is 19.5. The molecule has 0 radical (unpaired) electrons. The highest BCUT2D eigenvalue weighted by atomic mass is 16.5. The van der Waals surface area contributed by atoms with Crippen molar-refractivity contribution in [2.75, 3.05) is 6.61 Å². The first-order valence-electron chi connectivity index (χ1n) is 9.35. The highest BCUT2D eigenvalue weighted by Gasteiger charge is 2.11. The molecule has 28 heavy (non-hydrogen) atoms. The molecule has 1 aromatic heterocycles. The molecule has 7 heteroatoms. The maximum absolute atomic E-state index is 12.2. The van der Waals surface area contributed by atoms with E-state index in [0.717, 1.165) is 17.7 Å². The largest absolute Gasteiger partial charge is 0.484 e. The fourth-order valence-electron chi connectivity index (χ4n) is 2.90. The zero-order valence-electron chi connectivity index (χ0n) is 16.4. The number of benzene rings is 2. The standard InChI is InChI=1S/C21H25N5O2/c1-15(2)12-17-4-6-18(7-5-17)16(3)23-21(27)13-28-20-10-8-19(9-11-20)26-14-22-24-25-26/h4-11,14-16H,12-13H2,1-3H3,(H,23,27). The predicted molar refractivity (Wildman–Crippen MR) is 106 cm³/mol. The Balaban J connectivity index is 1.48. The number of tetrazole rings is 1. The van der Waals surface area contributed by atoms with Crippen molar-refractivity contribution in [3.8, 4) is 11.4 Å². The number of nitrogens with zero attached hydrogens (tertiary/aromatic N) is 4. The minimum atomic E-state index is -0.164. The maximum Gasteiger partial charge on any atom is 0.258 e. The molecule has 0 saturated carbocycles. The number of hydrogen-bond acceptors (Lipinski definition) is 5. The van der Waals surface area contributed by atoms with E-state index >= 15 is 0 Å². The minimum absolute atomic E-state index is 0.0417. The number of ether oxygens (including phenoxy) is 1. The summed E-state index contributed by atoms with van der Waals surface area (Å²) in [5.41, 5.74) is 3.20. The van der Waals surface area contributed by atoms with Gasteiger partial charge in [0.15, 0.2) is 6.61 Å². The summed E-state index contributed by atoms with van der Waals surface area (Å²) in [6.45, 7) is 6.34. The molecule has 7 nitrogen and oxygen atoms in total. The van der Waals surface area contributed by atoms with E-state index in [0.29, 0.717) is 11.7 Å². The van der Waals surface area contributed by atoms with E-state index in [4.69, 9.17) is 4.74 Å². The Hall–Kier alpha value is -3.22. The van der Waals surface area contributed by atoms with Gasteiger partial charge in [-0.1, -0.05) is 38.1 Å². The number of amides is 1. The molecule has 3 rings (SSSR count). The molecule has 2 aromatic carbocycles. The van der Waals surface area contributed by atoms with Crippen LogP contribution >= 0.6 is 0 Å². The number of nitrogens with one attached hydrogen (secondary N) is 1. The van der Waals surface area contributed by atoms with Crippen LogP contribution in [0.5, 0.6) is 5.75 Å². The van der Waals surface area contributed by atoms with Crippen LogP contribution in [-0.2, 0) is 11.2 Å². The van der Waals surface area contributed by atoms with Gasteiger partial charge in [0.25, 0.3) is 5.91 Å². The molecule has 0 fully saturated rings. The van der Waals surface area contributed by atoms with Gasteiger partial charge >= 0.3 is 0 Å². The zero-order valence-corrected chi connectivity index (χ0v) is 16.4. The molecule has 0 aliphatic heterocycles. The fraction of sp³-hybridized carbons (Fsp3) is 0.333. The zero-order chi connectivity index (χ0) is 19.9. The summed E-state index contributed by atoms with van der Waals surface area (Å²) < 4.78 is 7.11. The molecule has 1 amide bonds. The second-order valence-electron chi connectivity index (χ2n) is 7.17. The number of rotatable bonds is 8. The van der Waals surface area contributed by atoms with Crippen LogP contribution in [0.4, 0.5) is 0 Å². The summed E-state index contributed by atoms with van der Waals surface area (Å²) in [6, 6.07) is 15.5. The molecule has 3 aromatic rings. The third kappa shape index (κ3) is 5.39. The first-order chi connectivity index (χ1) is 13.5. The summed E-state index contributed by atoms with van der Waals surface area (Å²) >= 11 is 0. The van der Waals surface area contributed by atoms with E-state index in [1.807, 2.05) is 19.1 Å². The van der Waals surface area contributed by atoms with Gasteiger partial charge < -0.3 is 10.1 Å². The van der Waals surface area contributed by atoms with Crippen LogP contribution < -0.4 is 10.1 Å². The number of carbonyl (C=O) groups is 1. The third-order valence-corrected chi connectivity index (χ3v) is 4.32. The van der Waals surface area contributed by atoms with Crippen molar-refractivity contribution >= 4 is 5.91 Å². The second-order valence-corrected chi connectivity index (χ2v) is 7.17. The van der Waals surface area contributed by atoms with Crippen molar-refractivity contribution < 1.29 is 9.53 Å². The van der Waals surface area contributed by atoms with E-state index in [1.54, 1.807) is 16.8 Å². The van der Waals surface area contributed by atoms with E-state index < -0.39 is 0 Å². The number of carbonyl (C=O) groups excluding carboxylic acids is 1. The second kappa shape index (κ2) is 9.12. The van der Waals surface area contributed by atoms with E-state index in [2.05, 4.69) is 59.0 Å². The van der Waals surface area contributed by atoms with E-state index in [9.17, 15) is 4.79 Å². The Kier molecular flexibility index (Phi) is 6.37. The molecule has 146 valence electrons. The van der Waals surface area contributed by atoms with Crippen molar-refractivity contribution in [3.63, 3.8) is 0 Å². The van der Waals surface area contributed by atoms with Gasteiger partial charge in [-0.2, -0.15) is 0 Å². The normalized spacial score (nSPS) is 12.0. The smallest absolute Gasteiger partial charge is 0.258 e. The quantitative estimate of drug-likeness (QED) is 0.650. The lowest BCUT2D eigenvalue weighted by molar-refractivity contribution is -0.123. The SMILES string of the molecule is CC(C)Cc1ccc(C(C)NC(=O)COc2ccc(-n3cnnn3)cc2)cc1. The number of hydrogen-bond donors (Lipinski definition) is 1. The van der Waals surface area contributed by atoms with Gasteiger partial charge in [-0.25, -0.2) is 4.68 Å². The van der Waals surface area contributed by atoms with Crippen LogP contribution in [0, 0.1) is 5.92 Å². The Labute approximate surface area is 164 Å². The van der Waals surface area contributed by atoms with E-state index in [1.165, 1.54) is 11.9 Å². The van der Waals surface area contributed by atoms with Crippen LogP contribution in [0.25, 0.3) is 5.69 Å². The molecule has 0 aliphatic rings. The Morgan fingerprint density at radius 3 is 2.39 bits per heavy atom. The molecular weight excluding hydrogens is 354 g/mol. The van der Waals surface area contributed by atoms with Gasteiger partial charge in [0.1, 0.15) is 12.1 Å². The first-order valence-corrected chi connectivity index (χ1v) is 9.35. The van der Waals surface area contributed by atoms with Gasteiger partial charge in [0, 0.05) is 0 Å². The average molecular weight is 379 g/mol. The molecule has 0 spiro atoms. The van der Waals surface area contributed by atoms with Gasteiger partial charge in [0.05, 0.1) is 11.7 Å². The molecule has 0 aliphatic carbocycles. The van der Waals surface area contributed by atoms with Crippen LogP contribution in [0.2, 0.25) is 0 Å². The van der Waals surface area contributed by atoms with Gasteiger partial charge in [-0.15, -0.1) is 5.10 Å². The molecule has 1 unspecified atom stereocenters. The molecule has 0 saturated heterocycles. The van der Waals surface area contributed by atoms with Crippen LogP contribution in [-0.4, -0.2) is 32.7 Å². The van der Waals surface area contributed by atoms with Crippen molar-refractivity contribution in [2.24, 2.45) is 5.92 Å². The third-order valence-electron chi connectivity index (χ3n) is 4.32. The van der Waals surface area contributed by atoms with Crippen molar-refractivity contribution in [1.29, 1.82) is 0 Å². The maximum atomic E-state index is 12.2. The highest BCUT2D eigenvalue weighted by Crippen LogP contribution is 2.16. The fourth-order valence-corrected chi connectivity index (χ4v) is 2.90. The summed E-state index contributed by atoms with van der Waals surface area (Å²) in [4.78, 5) is 12.2. The van der Waals surface area contributed by atoms with Gasteiger partial charge in [-0.3, -0.25) is 4.79 Å². The van der Waals surface area contributed by atoms with Crippen molar-refractivity contribution in [2.45, 2.75) is 33.2 Å². The van der Waals surface area contributed by atoms with Crippen LogP contribution in [0.15, 0.2) is 54.9 Å². The van der Waals surface area contributed by atoms with E-state index in [-0.39, 0.29) is 18.6 Å². The Morgan fingerprint density at radius 2 is 1.79 bits per heavy atom. The minimum Gasteiger partial charge on any atom is -0.484 e. The molecule has 0 bridgehead atoms. The van der Waals surface area contributed by atoms with Crippen LogP contribution in [0.1, 0.15) is 37.9 Å². The van der Waals surface area contributed by atoms with Gasteiger partial charge in [0.2, 0.25) is 0 Å². The highest BCUT2D eigenvalue weighted by molar-refractivity contribution is 5.78. The molecule has 1 N–H and O–H groups in total. The lowest BCUT2D eigenvalue weighted by Crippen LogP contribution is -2.31. The lowest BCUT2D eigenvalue weighted by Gasteiger charge is -2.15. The average Bonchev–Trinajstić information content (AvgIpc) is 3.21. The molecular formula is C21H25N5O2. The van der Waals surface area contributed by atoms with Gasteiger partial charge in [-0.05, 0) is 65.1 Å². The lowest BCUT2D eigenvalue weighted by atomic mass is 10.00. The summed E-state index contributed by atoms with van der Waals surface area (Å²) in [5, 5.41) is 14.0. The molecule has 1 heterocycles. The monoisotopic (exact) mass is 379 g/mol. The number of aromatic nitrogens is 4. The molecule has 1 atom stereocenters. The topological polar surface area (TPSA) is 81.9 Å².